The zero-order valence-electron chi connectivity index (χ0n) is 21.7. The summed E-state index contributed by atoms with van der Waals surface area (Å²) in [6, 6.07) is 13.3. The van der Waals surface area contributed by atoms with Gasteiger partial charge < -0.3 is 19.9 Å². The lowest BCUT2D eigenvalue weighted by Crippen LogP contribution is -2.62. The number of rotatable bonds is 8. The van der Waals surface area contributed by atoms with Gasteiger partial charge in [-0.05, 0) is 64.6 Å². The van der Waals surface area contributed by atoms with E-state index in [1.807, 2.05) is 48.2 Å². The minimum Gasteiger partial charge on any atom is -0.379 e. The first-order valence-corrected chi connectivity index (χ1v) is 15.1. The summed E-state index contributed by atoms with van der Waals surface area (Å²) >= 11 is 2.12. The molecule has 1 N–H and O–H groups in total. The molecule has 2 heterocycles. The highest BCUT2D eigenvalue weighted by Gasteiger charge is 2.41. The first-order chi connectivity index (χ1) is 18.1. The van der Waals surface area contributed by atoms with E-state index in [-0.39, 0.29) is 43.5 Å². The highest BCUT2D eigenvalue weighted by molar-refractivity contribution is 14.1. The van der Waals surface area contributed by atoms with Crippen LogP contribution in [0.15, 0.2) is 53.4 Å². The maximum atomic E-state index is 13.6. The minimum absolute atomic E-state index is 0.00181. The molecule has 2 aliphatic rings. The van der Waals surface area contributed by atoms with E-state index in [1.165, 1.54) is 4.31 Å². The van der Waals surface area contributed by atoms with Gasteiger partial charge in [-0.3, -0.25) is 14.5 Å². The lowest BCUT2D eigenvalue weighted by atomic mass is 10.1. The Morgan fingerprint density at radius 3 is 2.29 bits per heavy atom. The van der Waals surface area contributed by atoms with Crippen molar-refractivity contribution in [3.63, 3.8) is 0 Å². The monoisotopic (exact) mass is 655 g/mol. The van der Waals surface area contributed by atoms with Gasteiger partial charge in [-0.2, -0.15) is 4.31 Å². The minimum atomic E-state index is -3.95. The summed E-state index contributed by atoms with van der Waals surface area (Å²) in [5.74, 6) is -0.546. The molecule has 0 aromatic heterocycles. The Bertz CT molecular complexity index is 1220. The third-order valence-corrected chi connectivity index (χ3v) is 9.43. The van der Waals surface area contributed by atoms with Gasteiger partial charge in [0.25, 0.3) is 0 Å². The number of morpholine rings is 1. The summed E-state index contributed by atoms with van der Waals surface area (Å²) in [5, 5.41) is 2.90. The second-order valence-electron chi connectivity index (χ2n) is 9.59. The molecule has 206 valence electrons. The third-order valence-electron chi connectivity index (χ3n) is 6.79. The second kappa shape index (κ2) is 12.7. The fraction of sp³-hybridized carbons (Fsp3) is 0.462. The zero-order valence-corrected chi connectivity index (χ0v) is 24.7. The second-order valence-corrected chi connectivity index (χ2v) is 12.7. The molecule has 0 aliphatic carbocycles. The number of ether oxygens (including phenoxy) is 1. The van der Waals surface area contributed by atoms with E-state index in [4.69, 9.17) is 4.74 Å². The predicted molar refractivity (Wildman–Crippen MR) is 153 cm³/mol. The van der Waals surface area contributed by atoms with Crippen LogP contribution in [-0.2, 0) is 30.9 Å². The van der Waals surface area contributed by atoms with Crippen molar-refractivity contribution >= 4 is 50.1 Å². The van der Waals surface area contributed by atoms with Crippen molar-refractivity contribution < 1.29 is 22.7 Å². The van der Waals surface area contributed by atoms with Crippen LogP contribution in [0.5, 0.6) is 0 Å². The molecule has 38 heavy (non-hydrogen) atoms. The first kappa shape index (κ1) is 28.7. The standard InChI is InChI=1S/C26H34IN5O5S/c1-29(2)22-7-3-20(4-8-22)17-28-26(34)24-18-31(25(33)19-30-13-15-37-16-14-30)11-12-32(24)38(35,36)23-9-5-21(27)6-10-23/h3-10,24H,11-19H2,1-2H3,(H,28,34)/t24-/m1/s1. The number of halogens is 1. The van der Waals surface area contributed by atoms with Gasteiger partial charge in [0, 0.05) is 62.6 Å². The summed E-state index contributed by atoms with van der Waals surface area (Å²) in [4.78, 5) is 32.3. The summed E-state index contributed by atoms with van der Waals surface area (Å²) < 4.78 is 34.7. The van der Waals surface area contributed by atoms with Crippen LogP contribution in [0.1, 0.15) is 5.56 Å². The van der Waals surface area contributed by atoms with Gasteiger partial charge in [0.1, 0.15) is 6.04 Å². The lowest BCUT2D eigenvalue weighted by molar-refractivity contribution is -0.138. The van der Waals surface area contributed by atoms with Gasteiger partial charge in [0.05, 0.1) is 24.7 Å². The van der Waals surface area contributed by atoms with Gasteiger partial charge in [0.2, 0.25) is 21.8 Å². The van der Waals surface area contributed by atoms with Crippen LogP contribution in [0, 0.1) is 3.57 Å². The van der Waals surface area contributed by atoms with Crippen LogP contribution >= 0.6 is 22.6 Å². The molecule has 2 aromatic carbocycles. The van der Waals surface area contributed by atoms with Crippen molar-refractivity contribution in [2.45, 2.75) is 17.5 Å². The van der Waals surface area contributed by atoms with Crippen LogP contribution < -0.4 is 10.2 Å². The molecule has 0 spiro atoms. The number of nitrogens with one attached hydrogen (secondary N) is 1. The molecule has 0 radical (unpaired) electrons. The van der Waals surface area contributed by atoms with Crippen molar-refractivity contribution in [3.05, 3.63) is 57.7 Å². The molecule has 2 aromatic rings. The zero-order chi connectivity index (χ0) is 27.3. The number of piperazine rings is 1. The number of anilines is 1. The van der Waals surface area contributed by atoms with Gasteiger partial charge in [-0.25, -0.2) is 8.42 Å². The van der Waals surface area contributed by atoms with E-state index in [0.717, 1.165) is 14.8 Å². The van der Waals surface area contributed by atoms with Gasteiger partial charge in [0.15, 0.2) is 0 Å². The highest BCUT2D eigenvalue weighted by Crippen LogP contribution is 2.23. The number of amides is 2. The lowest BCUT2D eigenvalue weighted by Gasteiger charge is -2.40. The molecule has 10 nitrogen and oxygen atoms in total. The Kier molecular flexibility index (Phi) is 9.63. The Hall–Kier alpha value is -2.26. The molecule has 12 heteroatoms. The van der Waals surface area contributed by atoms with E-state index in [2.05, 4.69) is 27.9 Å². The van der Waals surface area contributed by atoms with E-state index in [9.17, 15) is 18.0 Å². The SMILES string of the molecule is CN(C)c1ccc(CNC(=O)[C@H]2CN(C(=O)CN3CCOCC3)CCN2S(=O)(=O)c2ccc(I)cc2)cc1. The first-order valence-electron chi connectivity index (χ1n) is 12.5. The molecule has 0 unspecified atom stereocenters. The molecule has 0 saturated carbocycles. The van der Waals surface area contributed by atoms with Crippen molar-refractivity contribution in [1.82, 2.24) is 19.4 Å². The molecule has 0 bridgehead atoms. The molecular formula is C26H34IN5O5S. The van der Waals surface area contributed by atoms with Crippen LogP contribution in [0.2, 0.25) is 0 Å². The average Bonchev–Trinajstić information content (AvgIpc) is 2.92. The third kappa shape index (κ3) is 7.03. The topological polar surface area (TPSA) is 102 Å². The number of hydrogen-bond donors (Lipinski definition) is 1. The molecule has 2 fully saturated rings. The summed E-state index contributed by atoms with van der Waals surface area (Å²) in [5.41, 5.74) is 1.93. The summed E-state index contributed by atoms with van der Waals surface area (Å²) in [7, 11) is -0.0427. The Labute approximate surface area is 238 Å². The maximum Gasteiger partial charge on any atom is 0.243 e. The average molecular weight is 656 g/mol. The van der Waals surface area contributed by atoms with E-state index in [1.54, 1.807) is 29.2 Å². The number of benzene rings is 2. The van der Waals surface area contributed by atoms with Crippen LogP contribution in [-0.4, -0.2) is 107 Å². The number of carbonyl (C=O) groups is 2. The van der Waals surface area contributed by atoms with Crippen molar-refractivity contribution in [2.75, 3.05) is 71.5 Å². The van der Waals surface area contributed by atoms with Gasteiger partial charge in [-0.15, -0.1) is 0 Å². The number of carbonyl (C=O) groups excluding carboxylic acids is 2. The number of sulfonamides is 1. The Morgan fingerprint density at radius 1 is 1.00 bits per heavy atom. The smallest absolute Gasteiger partial charge is 0.243 e. The van der Waals surface area contributed by atoms with E-state index < -0.39 is 22.0 Å². The maximum absolute atomic E-state index is 13.6. The van der Waals surface area contributed by atoms with Crippen molar-refractivity contribution in [2.24, 2.45) is 0 Å². The van der Waals surface area contributed by atoms with E-state index in [0.29, 0.717) is 26.3 Å². The van der Waals surface area contributed by atoms with Crippen molar-refractivity contribution in [1.29, 1.82) is 0 Å². The molecule has 1 atom stereocenters. The molecule has 2 amide bonds. The summed E-state index contributed by atoms with van der Waals surface area (Å²) in [6.45, 7) is 3.24. The quantitative estimate of drug-likeness (QED) is 0.427. The number of nitrogens with zero attached hydrogens (tertiary/aromatic N) is 4. The van der Waals surface area contributed by atoms with Gasteiger partial charge in [-0.1, -0.05) is 12.1 Å². The fourth-order valence-corrected chi connectivity index (χ4v) is 6.44. The normalized spacial score (nSPS) is 19.2. The number of hydrogen-bond acceptors (Lipinski definition) is 7. The van der Waals surface area contributed by atoms with Crippen LogP contribution in [0.4, 0.5) is 5.69 Å². The van der Waals surface area contributed by atoms with E-state index >= 15 is 0 Å². The predicted octanol–water partition coefficient (Wildman–Crippen LogP) is 1.21. The fourth-order valence-electron chi connectivity index (χ4n) is 4.51. The van der Waals surface area contributed by atoms with Crippen molar-refractivity contribution in [3.8, 4) is 0 Å². The van der Waals surface area contributed by atoms with Crippen LogP contribution in [0.3, 0.4) is 0 Å². The molecule has 2 aliphatic heterocycles. The Balaban J connectivity index is 1.51. The largest absolute Gasteiger partial charge is 0.379 e. The summed E-state index contributed by atoms with van der Waals surface area (Å²) in [6.07, 6.45) is 0. The molecule has 2 saturated heterocycles. The Morgan fingerprint density at radius 2 is 1.66 bits per heavy atom. The van der Waals surface area contributed by atoms with Gasteiger partial charge >= 0.3 is 0 Å². The molecular weight excluding hydrogens is 621 g/mol. The highest BCUT2D eigenvalue weighted by atomic mass is 127. The van der Waals surface area contributed by atoms with Crippen LogP contribution in [0.25, 0.3) is 0 Å². The molecule has 4 rings (SSSR count).